The molecular weight excluding hydrogens is 286 g/mol. The monoisotopic (exact) mass is 294 g/mol. The van der Waals surface area contributed by atoms with Crippen LogP contribution in [0.25, 0.3) is 0 Å². The number of hydrogen-bond donors (Lipinski definition) is 0. The minimum absolute atomic E-state index is 0.0532. The fourth-order valence-corrected chi connectivity index (χ4v) is 3.07. The van der Waals surface area contributed by atoms with Gasteiger partial charge in [-0.15, -0.1) is 0 Å². The van der Waals surface area contributed by atoms with Crippen LogP contribution >= 0.6 is 0 Å². The Morgan fingerprint density at radius 1 is 1.20 bits per heavy atom. The van der Waals surface area contributed by atoms with E-state index in [2.05, 4.69) is 4.98 Å². The van der Waals surface area contributed by atoms with Crippen molar-refractivity contribution in [2.24, 2.45) is 0 Å². The van der Waals surface area contributed by atoms with Crippen molar-refractivity contribution >= 4 is 9.84 Å². The molecule has 0 fully saturated rings. The fraction of sp³-hybridized carbons (Fsp3) is 0.0769. The van der Waals surface area contributed by atoms with Crippen LogP contribution in [0.15, 0.2) is 41.4 Å². The molecule has 0 bridgehead atoms. The minimum Gasteiger partial charge on any atom is -0.246 e. The topological polar surface area (TPSA) is 70.8 Å². The average Bonchev–Trinajstić information content (AvgIpc) is 2.41. The van der Waals surface area contributed by atoms with Gasteiger partial charge in [-0.05, 0) is 35.9 Å². The minimum atomic E-state index is -4.04. The van der Waals surface area contributed by atoms with Gasteiger partial charge < -0.3 is 0 Å². The van der Waals surface area contributed by atoms with Crippen molar-refractivity contribution in [2.45, 2.75) is 10.6 Å². The molecule has 0 saturated carbocycles. The number of aromatic nitrogens is 1. The van der Waals surface area contributed by atoms with Gasteiger partial charge in [-0.2, -0.15) is 5.26 Å². The Bertz CT molecular complexity index is 798. The van der Waals surface area contributed by atoms with Crippen molar-refractivity contribution in [3.63, 3.8) is 0 Å². The summed E-state index contributed by atoms with van der Waals surface area (Å²) >= 11 is 0. The van der Waals surface area contributed by atoms with Gasteiger partial charge in [0.05, 0.1) is 5.75 Å². The van der Waals surface area contributed by atoms with Gasteiger partial charge in [-0.3, -0.25) is 0 Å². The summed E-state index contributed by atoms with van der Waals surface area (Å²) in [5, 5.41) is 8.69. The maximum atomic E-state index is 13.5. The quantitative estimate of drug-likeness (QED) is 0.870. The van der Waals surface area contributed by atoms with Crippen molar-refractivity contribution in [3.05, 3.63) is 59.4 Å². The third-order valence-corrected chi connectivity index (χ3v) is 4.22. The number of nitrogens with zero attached hydrogens (tertiary/aromatic N) is 2. The molecule has 0 spiro atoms. The summed E-state index contributed by atoms with van der Waals surface area (Å²) in [6.45, 7) is 0. The Morgan fingerprint density at radius 3 is 2.65 bits per heavy atom. The van der Waals surface area contributed by atoms with Gasteiger partial charge in [0.1, 0.15) is 28.3 Å². The lowest BCUT2D eigenvalue weighted by Gasteiger charge is -2.06. The zero-order valence-electron chi connectivity index (χ0n) is 10.0. The second-order valence-electron chi connectivity index (χ2n) is 3.99. The Morgan fingerprint density at radius 2 is 1.95 bits per heavy atom. The van der Waals surface area contributed by atoms with E-state index in [0.717, 1.165) is 12.1 Å². The van der Waals surface area contributed by atoms with E-state index in [9.17, 15) is 17.2 Å². The van der Waals surface area contributed by atoms with Gasteiger partial charge in [0.15, 0.2) is 9.84 Å². The van der Waals surface area contributed by atoms with Gasteiger partial charge >= 0.3 is 0 Å². The fourth-order valence-electron chi connectivity index (χ4n) is 1.64. The van der Waals surface area contributed by atoms with E-state index in [-0.39, 0.29) is 11.3 Å². The molecule has 2 rings (SSSR count). The van der Waals surface area contributed by atoms with Gasteiger partial charge in [0, 0.05) is 6.20 Å². The molecule has 4 nitrogen and oxygen atoms in total. The van der Waals surface area contributed by atoms with E-state index in [4.69, 9.17) is 5.26 Å². The second-order valence-corrected chi connectivity index (χ2v) is 5.95. The summed E-state index contributed by atoms with van der Waals surface area (Å²) in [7, 11) is -4.04. The molecule has 0 aliphatic rings. The van der Waals surface area contributed by atoms with Crippen molar-refractivity contribution in [2.75, 3.05) is 0 Å². The number of halogens is 2. The first-order valence-corrected chi connectivity index (χ1v) is 7.10. The summed E-state index contributed by atoms with van der Waals surface area (Å²) in [5.41, 5.74) is 0.331. The number of hydrogen-bond acceptors (Lipinski definition) is 4. The van der Waals surface area contributed by atoms with Gasteiger partial charge in [-0.25, -0.2) is 22.2 Å². The van der Waals surface area contributed by atoms with E-state index in [1.165, 1.54) is 18.3 Å². The highest BCUT2D eigenvalue weighted by Gasteiger charge is 2.21. The normalized spacial score (nSPS) is 11.1. The van der Waals surface area contributed by atoms with Crippen LogP contribution in [-0.4, -0.2) is 13.4 Å². The third kappa shape index (κ3) is 2.97. The molecule has 0 aliphatic carbocycles. The maximum Gasteiger partial charge on any atom is 0.185 e. The molecule has 2 aromatic rings. The smallest absolute Gasteiger partial charge is 0.185 e. The van der Waals surface area contributed by atoms with E-state index < -0.39 is 32.1 Å². The summed E-state index contributed by atoms with van der Waals surface area (Å²) in [5.74, 6) is -2.39. The van der Waals surface area contributed by atoms with E-state index in [1.54, 1.807) is 6.07 Å². The van der Waals surface area contributed by atoms with Crippen LogP contribution in [0.3, 0.4) is 0 Å². The molecular formula is C13H8F2N2O2S. The molecule has 0 amide bonds. The van der Waals surface area contributed by atoms with Crippen LogP contribution in [0.4, 0.5) is 8.78 Å². The first-order valence-electron chi connectivity index (χ1n) is 5.45. The van der Waals surface area contributed by atoms with E-state index in [0.29, 0.717) is 6.07 Å². The molecule has 20 heavy (non-hydrogen) atoms. The maximum absolute atomic E-state index is 13.5. The number of sulfone groups is 1. The second kappa shape index (κ2) is 5.35. The molecule has 102 valence electrons. The summed E-state index contributed by atoms with van der Waals surface area (Å²) in [4.78, 5) is 3.00. The van der Waals surface area contributed by atoms with E-state index >= 15 is 0 Å². The molecule has 0 aliphatic heterocycles. The third-order valence-electron chi connectivity index (χ3n) is 2.52. The molecule has 1 aromatic heterocycles. The lowest BCUT2D eigenvalue weighted by atomic mass is 10.2. The lowest BCUT2D eigenvalue weighted by molar-refractivity contribution is 0.553. The highest BCUT2D eigenvalue weighted by molar-refractivity contribution is 7.90. The summed E-state index contributed by atoms with van der Waals surface area (Å²) < 4.78 is 50.7. The summed E-state index contributed by atoms with van der Waals surface area (Å²) in [6.07, 6.45) is 1.28. The first kappa shape index (κ1) is 14.1. The first-order chi connectivity index (χ1) is 9.42. The van der Waals surface area contributed by atoms with Gasteiger partial charge in [0.2, 0.25) is 0 Å². The number of rotatable bonds is 3. The zero-order chi connectivity index (χ0) is 14.8. The summed E-state index contributed by atoms with van der Waals surface area (Å²) in [6, 6.07) is 6.70. The van der Waals surface area contributed by atoms with Crippen LogP contribution in [0.1, 0.15) is 11.3 Å². The van der Waals surface area contributed by atoms with Crippen LogP contribution in [-0.2, 0) is 15.6 Å². The molecule has 0 radical (unpaired) electrons. The van der Waals surface area contributed by atoms with Gasteiger partial charge in [0.25, 0.3) is 0 Å². The lowest BCUT2D eigenvalue weighted by Crippen LogP contribution is -2.08. The molecule has 0 unspecified atom stereocenters. The standard InChI is InChI=1S/C13H8F2N2O2S/c14-10-1-2-12(15)13(6-10)20(18,19)8-9-3-4-17-11(5-9)7-16/h1-6H,8H2. The predicted molar refractivity (Wildman–Crippen MR) is 66.2 cm³/mol. The van der Waals surface area contributed by atoms with Crippen LogP contribution < -0.4 is 0 Å². The van der Waals surface area contributed by atoms with Gasteiger partial charge in [-0.1, -0.05) is 0 Å². The number of pyridine rings is 1. The molecule has 7 heteroatoms. The largest absolute Gasteiger partial charge is 0.246 e. The van der Waals surface area contributed by atoms with Crippen LogP contribution in [0.2, 0.25) is 0 Å². The number of nitriles is 1. The molecule has 1 heterocycles. The predicted octanol–water partition coefficient (Wildman–Crippen LogP) is 2.21. The average molecular weight is 294 g/mol. The Kier molecular flexibility index (Phi) is 3.77. The van der Waals surface area contributed by atoms with Crippen molar-refractivity contribution in [3.8, 4) is 6.07 Å². The highest BCUT2D eigenvalue weighted by atomic mass is 32.2. The molecule has 0 saturated heterocycles. The SMILES string of the molecule is N#Cc1cc(CS(=O)(=O)c2cc(F)ccc2F)ccn1. The molecule has 0 atom stereocenters. The Labute approximate surface area is 114 Å². The van der Waals surface area contributed by atoms with Crippen LogP contribution in [0.5, 0.6) is 0 Å². The molecule has 0 N–H and O–H groups in total. The van der Waals surface area contributed by atoms with E-state index in [1.807, 2.05) is 0 Å². The number of benzene rings is 1. The highest BCUT2D eigenvalue weighted by Crippen LogP contribution is 2.20. The van der Waals surface area contributed by atoms with Crippen molar-refractivity contribution in [1.82, 2.24) is 4.98 Å². The van der Waals surface area contributed by atoms with Crippen molar-refractivity contribution < 1.29 is 17.2 Å². The molecule has 1 aromatic carbocycles. The van der Waals surface area contributed by atoms with Crippen LogP contribution in [0, 0.1) is 23.0 Å². The Balaban J connectivity index is 2.41. The zero-order valence-corrected chi connectivity index (χ0v) is 10.9. The Hall–Kier alpha value is -2.33. The van der Waals surface area contributed by atoms with Crippen molar-refractivity contribution in [1.29, 1.82) is 5.26 Å².